The fraction of sp³-hybridized carbons (Fsp3) is 0.474. The maximum atomic E-state index is 12.2. The summed E-state index contributed by atoms with van der Waals surface area (Å²) in [6.45, 7) is 5.02. The number of nitrogens with one attached hydrogen (secondary N) is 2. The van der Waals surface area contributed by atoms with E-state index in [-0.39, 0.29) is 30.0 Å². The number of carbonyl (C=O) groups excluding carboxylic acids is 2. The van der Waals surface area contributed by atoms with Crippen molar-refractivity contribution in [2.45, 2.75) is 13.0 Å². The number of nitrogens with zero attached hydrogens (tertiary/aromatic N) is 3. The van der Waals surface area contributed by atoms with Gasteiger partial charge in [-0.1, -0.05) is 29.0 Å². The molecule has 30 heavy (non-hydrogen) atoms. The zero-order chi connectivity index (χ0) is 21.2. The minimum Gasteiger partial charge on any atom is -0.379 e. The van der Waals surface area contributed by atoms with Gasteiger partial charge in [0.2, 0.25) is 10.9 Å². The Morgan fingerprint density at radius 2 is 2.10 bits per heavy atom. The van der Waals surface area contributed by atoms with Gasteiger partial charge < -0.3 is 20.1 Å². The third-order valence-corrected chi connectivity index (χ3v) is 5.41. The van der Waals surface area contributed by atoms with E-state index in [1.807, 2.05) is 0 Å². The van der Waals surface area contributed by atoms with Gasteiger partial charge in [-0.05, 0) is 31.2 Å². The van der Waals surface area contributed by atoms with Crippen molar-refractivity contribution >= 4 is 40.4 Å². The smallest absolute Gasteiger partial charge is 0.286 e. The fourth-order valence-electron chi connectivity index (χ4n) is 2.79. The van der Waals surface area contributed by atoms with Crippen molar-refractivity contribution < 1.29 is 19.1 Å². The first-order valence-corrected chi connectivity index (χ1v) is 10.8. The van der Waals surface area contributed by atoms with Crippen LogP contribution in [-0.4, -0.2) is 72.9 Å². The molecule has 1 fully saturated rings. The summed E-state index contributed by atoms with van der Waals surface area (Å²) in [7, 11) is 0. The van der Waals surface area contributed by atoms with Crippen molar-refractivity contribution in [3.63, 3.8) is 0 Å². The molecule has 1 aromatic heterocycles. The number of benzene rings is 1. The van der Waals surface area contributed by atoms with E-state index in [9.17, 15) is 9.59 Å². The van der Waals surface area contributed by atoms with Gasteiger partial charge in [-0.15, -0.1) is 10.2 Å². The Kier molecular flexibility index (Phi) is 8.97. The second-order valence-corrected chi connectivity index (χ2v) is 8.11. The molecule has 0 aliphatic carbocycles. The van der Waals surface area contributed by atoms with Crippen LogP contribution in [0.2, 0.25) is 5.02 Å². The Morgan fingerprint density at radius 3 is 2.90 bits per heavy atom. The van der Waals surface area contributed by atoms with Crippen LogP contribution in [-0.2, 0) is 20.9 Å². The van der Waals surface area contributed by atoms with E-state index in [4.69, 9.17) is 21.1 Å². The summed E-state index contributed by atoms with van der Waals surface area (Å²) in [5, 5.41) is 14.6. The first-order valence-electron chi connectivity index (χ1n) is 9.64. The van der Waals surface area contributed by atoms with Crippen molar-refractivity contribution in [1.29, 1.82) is 0 Å². The molecule has 1 saturated heterocycles. The number of hydrogen-bond acceptors (Lipinski definition) is 8. The Balaban J connectivity index is 1.31. The summed E-state index contributed by atoms with van der Waals surface area (Å²) in [6.07, 6.45) is 0.882. The molecule has 0 bridgehead atoms. The molecular weight excluding hydrogens is 430 g/mol. The van der Waals surface area contributed by atoms with Gasteiger partial charge in [-0.25, -0.2) is 0 Å². The number of morpholine rings is 1. The molecule has 2 amide bonds. The highest BCUT2D eigenvalue weighted by Gasteiger charge is 2.14. The van der Waals surface area contributed by atoms with Crippen molar-refractivity contribution in [3.05, 3.63) is 39.3 Å². The lowest BCUT2D eigenvalue weighted by Gasteiger charge is -2.26. The Hall–Kier alpha value is -2.11. The van der Waals surface area contributed by atoms with Gasteiger partial charge >= 0.3 is 0 Å². The predicted molar refractivity (Wildman–Crippen MR) is 114 cm³/mol. The second-order valence-electron chi connectivity index (χ2n) is 6.62. The molecule has 1 aromatic carbocycles. The molecule has 0 radical (unpaired) electrons. The van der Waals surface area contributed by atoms with Gasteiger partial charge in [0, 0.05) is 30.3 Å². The van der Waals surface area contributed by atoms with E-state index in [0.29, 0.717) is 22.3 Å². The number of hydrogen-bond donors (Lipinski definition) is 2. The maximum Gasteiger partial charge on any atom is 0.286 e. The summed E-state index contributed by atoms with van der Waals surface area (Å²) < 4.78 is 10.7. The van der Waals surface area contributed by atoms with Crippen molar-refractivity contribution in [1.82, 2.24) is 20.4 Å². The van der Waals surface area contributed by atoms with E-state index >= 15 is 0 Å². The monoisotopic (exact) mass is 453 g/mol. The van der Waals surface area contributed by atoms with E-state index in [2.05, 4.69) is 25.7 Å². The van der Waals surface area contributed by atoms with E-state index in [0.717, 1.165) is 50.6 Å². The molecule has 1 aliphatic rings. The Labute approximate surface area is 183 Å². The molecule has 1 aliphatic heterocycles. The topological polar surface area (TPSA) is 106 Å². The van der Waals surface area contributed by atoms with Crippen molar-refractivity contribution in [3.8, 4) is 0 Å². The van der Waals surface area contributed by atoms with Gasteiger partial charge in [-0.2, -0.15) is 0 Å². The first kappa shape index (κ1) is 22.6. The number of anilines is 1. The molecule has 162 valence electrons. The molecule has 11 heteroatoms. The molecule has 0 atom stereocenters. The number of rotatable bonds is 10. The second kappa shape index (κ2) is 11.9. The molecule has 0 saturated carbocycles. The largest absolute Gasteiger partial charge is 0.379 e. The molecule has 3 rings (SSSR count). The summed E-state index contributed by atoms with van der Waals surface area (Å²) in [4.78, 5) is 26.4. The fourth-order valence-corrected chi connectivity index (χ4v) is 3.65. The lowest BCUT2D eigenvalue weighted by molar-refractivity contribution is -0.126. The van der Waals surface area contributed by atoms with E-state index in [1.54, 1.807) is 24.3 Å². The van der Waals surface area contributed by atoms with E-state index < -0.39 is 0 Å². The van der Waals surface area contributed by atoms with Crippen LogP contribution in [0.25, 0.3) is 0 Å². The molecule has 2 aromatic rings. The molecule has 0 spiro atoms. The van der Waals surface area contributed by atoms with Crippen LogP contribution in [0, 0.1) is 0 Å². The number of aromatic nitrogens is 2. The number of amides is 2. The number of carbonyl (C=O) groups is 2. The Bertz CT molecular complexity index is 844. The van der Waals surface area contributed by atoms with E-state index in [1.165, 1.54) is 0 Å². The third-order valence-electron chi connectivity index (χ3n) is 4.28. The average molecular weight is 454 g/mol. The van der Waals surface area contributed by atoms with Crippen molar-refractivity contribution in [2.75, 3.05) is 51.3 Å². The zero-order valence-electron chi connectivity index (χ0n) is 16.4. The van der Waals surface area contributed by atoms with Crippen LogP contribution >= 0.6 is 22.9 Å². The number of ether oxygens (including phenoxy) is 2. The van der Waals surface area contributed by atoms with Crippen LogP contribution in [0.5, 0.6) is 0 Å². The van der Waals surface area contributed by atoms with Crippen molar-refractivity contribution in [2.24, 2.45) is 0 Å². The van der Waals surface area contributed by atoms with Crippen LogP contribution < -0.4 is 10.6 Å². The summed E-state index contributed by atoms with van der Waals surface area (Å²) in [5.74, 6) is -0.556. The maximum absolute atomic E-state index is 12.2. The molecule has 9 nitrogen and oxygen atoms in total. The third kappa shape index (κ3) is 7.62. The van der Waals surface area contributed by atoms with Gasteiger partial charge in [0.05, 0.1) is 13.2 Å². The van der Waals surface area contributed by atoms with Gasteiger partial charge in [0.25, 0.3) is 5.91 Å². The molecule has 0 unspecified atom stereocenters. The molecule has 2 N–H and O–H groups in total. The van der Waals surface area contributed by atoms with Crippen LogP contribution in [0.1, 0.15) is 21.2 Å². The SMILES string of the molecule is O=C(COCc1nnc(C(=O)Nc2cccc(Cl)c2)s1)NCCCN1CCOCC1. The average Bonchev–Trinajstić information content (AvgIpc) is 3.21. The lowest BCUT2D eigenvalue weighted by atomic mass is 10.3. The molecular formula is C19H24ClN5O4S. The summed E-state index contributed by atoms with van der Waals surface area (Å²) in [5.41, 5.74) is 0.575. The number of halogens is 1. The normalized spacial score (nSPS) is 14.4. The standard InChI is InChI=1S/C19H24ClN5O4S/c20-14-3-1-4-15(11-14)22-18(27)19-24-23-17(30-19)13-29-12-16(26)21-5-2-6-25-7-9-28-10-8-25/h1,3-4,11H,2,5-10,12-13H2,(H,21,26)(H,22,27). The van der Waals surface area contributed by atoms with Crippen LogP contribution in [0.4, 0.5) is 5.69 Å². The quantitative estimate of drug-likeness (QED) is 0.528. The summed E-state index contributed by atoms with van der Waals surface area (Å²) in [6, 6.07) is 6.83. The highest BCUT2D eigenvalue weighted by molar-refractivity contribution is 7.13. The summed E-state index contributed by atoms with van der Waals surface area (Å²) >= 11 is 7.02. The zero-order valence-corrected chi connectivity index (χ0v) is 18.0. The highest BCUT2D eigenvalue weighted by Crippen LogP contribution is 2.17. The minimum absolute atomic E-state index is 0.0683. The van der Waals surface area contributed by atoms with Gasteiger partial charge in [0.15, 0.2) is 0 Å². The Morgan fingerprint density at radius 1 is 1.27 bits per heavy atom. The highest BCUT2D eigenvalue weighted by atomic mass is 35.5. The first-order chi connectivity index (χ1) is 14.6. The molecule has 2 heterocycles. The van der Waals surface area contributed by atoms with Crippen LogP contribution in [0.15, 0.2) is 24.3 Å². The van der Waals surface area contributed by atoms with Gasteiger partial charge in [0.1, 0.15) is 18.2 Å². The predicted octanol–water partition coefficient (Wildman–Crippen LogP) is 1.80. The van der Waals surface area contributed by atoms with Crippen LogP contribution in [0.3, 0.4) is 0 Å². The lowest BCUT2D eigenvalue weighted by Crippen LogP contribution is -2.38. The van der Waals surface area contributed by atoms with Gasteiger partial charge in [-0.3, -0.25) is 14.5 Å². The minimum atomic E-state index is -0.376.